The minimum atomic E-state index is -3.08. The molecular formula is C19H15ClF4N4O2. The lowest BCUT2D eigenvalue weighted by Gasteiger charge is -2.50. The number of halogens is 5. The van der Waals surface area contributed by atoms with E-state index in [0.717, 1.165) is 30.5 Å². The molecule has 30 heavy (non-hydrogen) atoms. The number of carbonyl (C=O) groups excluding carboxylic acids is 1. The highest BCUT2D eigenvalue weighted by Gasteiger charge is 2.59. The molecule has 3 N–H and O–H groups in total. The van der Waals surface area contributed by atoms with Crippen LogP contribution in [0.1, 0.15) is 28.9 Å². The molecule has 3 unspecified atom stereocenters. The zero-order valence-electron chi connectivity index (χ0n) is 15.2. The summed E-state index contributed by atoms with van der Waals surface area (Å²) in [5, 5.41) is 2.33. The molecule has 1 amide bonds. The molecule has 0 bridgehead atoms. The average Bonchev–Trinajstić information content (AvgIpc) is 2.65. The maximum Gasteiger partial charge on any atom is 0.283 e. The van der Waals surface area contributed by atoms with Gasteiger partial charge in [0, 0.05) is 23.4 Å². The number of anilines is 1. The number of aliphatic imine (C=N–C) groups is 1. The van der Waals surface area contributed by atoms with Gasteiger partial charge in [0.25, 0.3) is 18.4 Å². The molecule has 6 nitrogen and oxygen atoms in total. The van der Waals surface area contributed by atoms with Gasteiger partial charge >= 0.3 is 0 Å². The number of ether oxygens (including phenoxy) is 1. The SMILES string of the molecule is NC1=NC(c2cc(NC(=O)c3ncc(Cl)cc3F)ccc2F)(C(F)F)C2CCC2O1. The Balaban J connectivity index is 1.73. The molecule has 2 aromatic rings. The highest BCUT2D eigenvalue weighted by Crippen LogP contribution is 2.53. The van der Waals surface area contributed by atoms with Crippen molar-refractivity contribution in [2.24, 2.45) is 16.6 Å². The molecular weight excluding hydrogens is 428 g/mol. The van der Waals surface area contributed by atoms with Gasteiger partial charge < -0.3 is 15.8 Å². The fraction of sp³-hybridized carbons (Fsp3) is 0.316. The standard InChI is InChI=1S/C19H15ClF4N4O2/c20-8-5-13(22)15(26-7-8)16(29)27-9-1-3-12(21)11(6-9)19(17(23)24)10-2-4-14(10)30-18(25)28-19/h1,3,5-7,10,14,17H,2,4H2,(H2,25,28)(H,27,29). The van der Waals surface area contributed by atoms with Crippen LogP contribution in [0.3, 0.4) is 0 Å². The maximum absolute atomic E-state index is 14.7. The normalized spacial score (nSPS) is 25.1. The molecule has 1 aromatic heterocycles. The van der Waals surface area contributed by atoms with Crippen molar-refractivity contribution in [3.8, 4) is 0 Å². The Hall–Kier alpha value is -2.88. The minimum absolute atomic E-state index is 0.00276. The smallest absolute Gasteiger partial charge is 0.283 e. The number of alkyl halides is 2. The van der Waals surface area contributed by atoms with Crippen LogP contribution in [-0.2, 0) is 10.3 Å². The van der Waals surface area contributed by atoms with Gasteiger partial charge in [0.05, 0.1) is 5.02 Å². The summed E-state index contributed by atoms with van der Waals surface area (Å²) in [5.41, 5.74) is 2.31. The van der Waals surface area contributed by atoms with E-state index in [2.05, 4.69) is 15.3 Å². The number of pyridine rings is 1. The lowest BCUT2D eigenvalue weighted by Crippen LogP contribution is -2.57. The molecule has 0 saturated heterocycles. The van der Waals surface area contributed by atoms with E-state index >= 15 is 0 Å². The van der Waals surface area contributed by atoms with Crippen LogP contribution in [0, 0.1) is 17.6 Å². The van der Waals surface area contributed by atoms with Gasteiger partial charge in [-0.25, -0.2) is 27.5 Å². The number of nitrogens with zero attached hydrogens (tertiary/aromatic N) is 2. The van der Waals surface area contributed by atoms with Gasteiger partial charge in [-0.2, -0.15) is 0 Å². The van der Waals surface area contributed by atoms with Crippen LogP contribution in [0.5, 0.6) is 0 Å². The van der Waals surface area contributed by atoms with Crippen molar-refractivity contribution < 1.29 is 27.1 Å². The number of benzene rings is 1. The number of carbonyl (C=O) groups is 1. The topological polar surface area (TPSA) is 89.6 Å². The van der Waals surface area contributed by atoms with Gasteiger partial charge in [-0.3, -0.25) is 4.79 Å². The molecule has 4 rings (SSSR count). The number of hydrogen-bond acceptors (Lipinski definition) is 5. The summed E-state index contributed by atoms with van der Waals surface area (Å²) in [7, 11) is 0. The Morgan fingerprint density at radius 3 is 2.67 bits per heavy atom. The number of amidine groups is 1. The van der Waals surface area contributed by atoms with E-state index in [1.165, 1.54) is 0 Å². The third-order valence-corrected chi connectivity index (χ3v) is 5.56. The summed E-state index contributed by atoms with van der Waals surface area (Å²) in [5.74, 6) is -3.64. The van der Waals surface area contributed by atoms with Crippen molar-refractivity contribution in [2.75, 3.05) is 5.32 Å². The Kier molecular flexibility index (Phi) is 5.05. The van der Waals surface area contributed by atoms with Gasteiger partial charge in [-0.1, -0.05) is 11.6 Å². The van der Waals surface area contributed by atoms with E-state index in [-0.39, 0.29) is 10.7 Å². The largest absolute Gasteiger partial charge is 0.462 e. The number of aromatic nitrogens is 1. The quantitative estimate of drug-likeness (QED) is 0.704. The molecule has 11 heteroatoms. The van der Waals surface area contributed by atoms with E-state index in [4.69, 9.17) is 22.1 Å². The Morgan fingerprint density at radius 2 is 2.03 bits per heavy atom. The summed E-state index contributed by atoms with van der Waals surface area (Å²) in [4.78, 5) is 19.8. The van der Waals surface area contributed by atoms with Crippen molar-refractivity contribution in [2.45, 2.75) is 30.9 Å². The number of hydrogen-bond donors (Lipinski definition) is 2. The molecule has 1 aromatic carbocycles. The van der Waals surface area contributed by atoms with Crippen molar-refractivity contribution in [1.29, 1.82) is 0 Å². The highest BCUT2D eigenvalue weighted by molar-refractivity contribution is 6.30. The monoisotopic (exact) mass is 442 g/mol. The summed E-state index contributed by atoms with van der Waals surface area (Å²) in [6.07, 6.45) is -1.75. The number of nitrogens with two attached hydrogens (primary N) is 1. The van der Waals surface area contributed by atoms with Crippen LogP contribution in [0.4, 0.5) is 23.2 Å². The summed E-state index contributed by atoms with van der Waals surface area (Å²) >= 11 is 5.61. The Morgan fingerprint density at radius 1 is 1.27 bits per heavy atom. The van der Waals surface area contributed by atoms with E-state index in [1.807, 2.05) is 0 Å². The van der Waals surface area contributed by atoms with Gasteiger partial charge in [-0.15, -0.1) is 0 Å². The summed E-state index contributed by atoms with van der Waals surface area (Å²) in [6.45, 7) is 0. The first-order chi connectivity index (χ1) is 14.2. The zero-order valence-corrected chi connectivity index (χ0v) is 16.0. The minimum Gasteiger partial charge on any atom is -0.462 e. The van der Waals surface area contributed by atoms with Crippen LogP contribution >= 0.6 is 11.6 Å². The Bertz CT molecular complexity index is 1050. The second kappa shape index (κ2) is 7.42. The van der Waals surface area contributed by atoms with Crippen LogP contribution < -0.4 is 11.1 Å². The fourth-order valence-corrected chi connectivity index (χ4v) is 3.98. The molecule has 158 valence electrons. The predicted octanol–water partition coefficient (Wildman–Crippen LogP) is 3.85. The van der Waals surface area contributed by atoms with Crippen molar-refractivity contribution in [3.63, 3.8) is 0 Å². The van der Waals surface area contributed by atoms with Crippen molar-refractivity contribution in [1.82, 2.24) is 4.98 Å². The van der Waals surface area contributed by atoms with Crippen molar-refractivity contribution >= 4 is 29.2 Å². The van der Waals surface area contributed by atoms with Gasteiger partial charge in [0.2, 0.25) is 0 Å². The van der Waals surface area contributed by atoms with E-state index in [9.17, 15) is 22.4 Å². The molecule has 1 fully saturated rings. The van der Waals surface area contributed by atoms with E-state index < -0.39 is 58.8 Å². The second-order valence-corrected chi connectivity index (χ2v) is 7.49. The van der Waals surface area contributed by atoms with Gasteiger partial charge in [0.15, 0.2) is 17.1 Å². The number of nitrogens with one attached hydrogen (secondary N) is 1. The first-order valence-electron chi connectivity index (χ1n) is 8.95. The van der Waals surface area contributed by atoms with Gasteiger partial charge in [0.1, 0.15) is 11.9 Å². The lowest BCUT2D eigenvalue weighted by molar-refractivity contribution is -0.0949. The third kappa shape index (κ3) is 3.24. The zero-order chi connectivity index (χ0) is 21.6. The van der Waals surface area contributed by atoms with Crippen molar-refractivity contribution in [3.05, 3.63) is 58.4 Å². The number of rotatable bonds is 4. The van der Waals surface area contributed by atoms with E-state index in [1.54, 1.807) is 0 Å². The van der Waals surface area contributed by atoms with Crippen LogP contribution in [0.2, 0.25) is 5.02 Å². The van der Waals surface area contributed by atoms with Crippen LogP contribution in [0.25, 0.3) is 0 Å². The predicted molar refractivity (Wildman–Crippen MR) is 100 cm³/mol. The lowest BCUT2D eigenvalue weighted by atomic mass is 9.65. The molecule has 2 heterocycles. The summed E-state index contributed by atoms with van der Waals surface area (Å²) in [6, 6.07) is 3.59. The molecule has 3 atom stereocenters. The molecule has 1 aliphatic heterocycles. The fourth-order valence-electron chi connectivity index (χ4n) is 3.83. The number of amides is 1. The molecule has 1 aliphatic carbocycles. The van der Waals surface area contributed by atoms with Crippen LogP contribution in [0.15, 0.2) is 35.5 Å². The maximum atomic E-state index is 14.7. The average molecular weight is 443 g/mol. The first kappa shape index (κ1) is 20.4. The molecule has 0 spiro atoms. The molecule has 1 saturated carbocycles. The number of fused-ring (bicyclic) bond motifs is 1. The highest BCUT2D eigenvalue weighted by atomic mass is 35.5. The second-order valence-electron chi connectivity index (χ2n) is 7.05. The first-order valence-corrected chi connectivity index (χ1v) is 9.32. The summed E-state index contributed by atoms with van der Waals surface area (Å²) < 4.78 is 62.5. The van der Waals surface area contributed by atoms with Gasteiger partial charge in [-0.05, 0) is 37.1 Å². The van der Waals surface area contributed by atoms with E-state index in [0.29, 0.717) is 12.8 Å². The Labute approximate surface area is 173 Å². The molecule has 0 radical (unpaired) electrons. The van der Waals surface area contributed by atoms with Crippen LogP contribution in [-0.4, -0.2) is 29.4 Å². The third-order valence-electron chi connectivity index (χ3n) is 5.35. The molecule has 2 aliphatic rings.